The van der Waals surface area contributed by atoms with Crippen LogP contribution in [0.2, 0.25) is 0 Å². The van der Waals surface area contributed by atoms with Gasteiger partial charge in [-0.25, -0.2) is 0 Å². The molecule has 6 nitrogen and oxygen atoms in total. The third kappa shape index (κ3) is 22.4. The summed E-state index contributed by atoms with van der Waals surface area (Å²) in [7, 11) is 0. The second kappa shape index (κ2) is 9.88. The van der Waals surface area contributed by atoms with Crippen LogP contribution in [0.3, 0.4) is 0 Å². The number of hydrogen-bond donors (Lipinski definition) is 0. The molecule has 0 rings (SSSR count). The van der Waals surface area contributed by atoms with Gasteiger partial charge in [0.15, 0.2) is 10.7 Å². The van der Waals surface area contributed by atoms with E-state index in [1.807, 2.05) is 6.92 Å². The van der Waals surface area contributed by atoms with E-state index in [2.05, 4.69) is 20.4 Å². The van der Waals surface area contributed by atoms with Crippen molar-refractivity contribution in [1.29, 1.82) is 0 Å². The minimum atomic E-state index is -0.429. The van der Waals surface area contributed by atoms with Crippen molar-refractivity contribution < 1.29 is 9.68 Å². The van der Waals surface area contributed by atoms with E-state index in [4.69, 9.17) is 0 Å². The highest BCUT2D eigenvalue weighted by molar-refractivity contribution is 4.55. The smallest absolute Gasteiger partial charge is 0.155 e. The molecule has 0 N–H and O–H groups in total. The molecule has 0 saturated carbocycles. The van der Waals surface area contributed by atoms with Gasteiger partial charge >= 0.3 is 0 Å². The molecule has 6 heteroatoms. The highest BCUT2D eigenvalue weighted by Gasteiger charge is 2.09. The fraction of sp³-hybridized carbons (Fsp3) is 1.00. The normalized spacial score (nSPS) is 9.43. The molecule has 14 heavy (non-hydrogen) atoms. The molecule has 0 heterocycles. The van der Waals surface area contributed by atoms with Crippen LogP contribution in [0.1, 0.15) is 40.5 Å². The van der Waals surface area contributed by atoms with Crippen molar-refractivity contribution in [3.8, 4) is 0 Å². The Hall–Kier alpha value is -1.20. The maximum absolute atomic E-state index is 9.35. The lowest BCUT2D eigenvalue weighted by Gasteiger charge is -2.11. The summed E-state index contributed by atoms with van der Waals surface area (Å²) in [5, 5.41) is 4.48. The van der Waals surface area contributed by atoms with Crippen LogP contribution < -0.4 is 0 Å². The maximum atomic E-state index is 9.35. The predicted molar refractivity (Wildman–Crippen MR) is 53.3 cm³/mol. The molecule has 0 saturated heterocycles. The minimum absolute atomic E-state index is 0.429. The Labute approximate surface area is 83.8 Å². The van der Waals surface area contributed by atoms with Crippen molar-refractivity contribution in [3.05, 3.63) is 9.81 Å². The first-order chi connectivity index (χ1) is 6.47. The molecule has 0 unspecified atom stereocenters. The standard InChI is InChI=1S/2C4H9NO2/c1-4(2,3)7-5-6;1-2-3-4-7-5-6/h1-3H3;2-4H2,1H3. The first-order valence-electron chi connectivity index (χ1n) is 4.43. The third-order valence-electron chi connectivity index (χ3n) is 0.953. The first-order valence-corrected chi connectivity index (χ1v) is 4.43. The third-order valence-corrected chi connectivity index (χ3v) is 0.953. The molecule has 0 fully saturated rings. The Kier molecular flexibility index (Phi) is 10.8. The van der Waals surface area contributed by atoms with Crippen molar-refractivity contribution in [3.63, 3.8) is 0 Å². The zero-order valence-corrected chi connectivity index (χ0v) is 9.15. The Balaban J connectivity index is 0. The van der Waals surface area contributed by atoms with Gasteiger partial charge in [0, 0.05) is 0 Å². The van der Waals surface area contributed by atoms with Gasteiger partial charge in [-0.3, -0.25) is 0 Å². The van der Waals surface area contributed by atoms with Crippen LogP contribution in [0.5, 0.6) is 0 Å². The van der Waals surface area contributed by atoms with Crippen LogP contribution in [0, 0.1) is 9.81 Å². The van der Waals surface area contributed by atoms with Crippen molar-refractivity contribution >= 4 is 0 Å². The molecular weight excluding hydrogens is 188 g/mol. The van der Waals surface area contributed by atoms with Crippen LogP contribution in [0.4, 0.5) is 0 Å². The lowest BCUT2D eigenvalue weighted by molar-refractivity contribution is -0.00229. The van der Waals surface area contributed by atoms with E-state index < -0.39 is 5.60 Å². The summed E-state index contributed by atoms with van der Waals surface area (Å²) in [4.78, 5) is 27.0. The van der Waals surface area contributed by atoms with Crippen molar-refractivity contribution in [2.45, 2.75) is 46.1 Å². The Morgan fingerprint density at radius 3 is 1.93 bits per heavy atom. The summed E-state index contributed by atoms with van der Waals surface area (Å²) in [6, 6.07) is 0. The largest absolute Gasteiger partial charge is 0.364 e. The van der Waals surface area contributed by atoms with E-state index in [-0.39, 0.29) is 0 Å². The SMILES string of the molecule is CC(C)(C)ON=O.CCCCON=O. The van der Waals surface area contributed by atoms with Gasteiger partial charge in [0.2, 0.25) is 0 Å². The second-order valence-electron chi connectivity index (χ2n) is 3.54. The van der Waals surface area contributed by atoms with Gasteiger partial charge in [-0.05, 0) is 27.2 Å². The molecular formula is C8H18N2O4. The van der Waals surface area contributed by atoms with Crippen LogP contribution in [0.25, 0.3) is 0 Å². The Morgan fingerprint density at radius 2 is 1.71 bits per heavy atom. The summed E-state index contributed by atoms with van der Waals surface area (Å²) in [6.45, 7) is 7.76. The van der Waals surface area contributed by atoms with Crippen LogP contribution >= 0.6 is 0 Å². The van der Waals surface area contributed by atoms with Gasteiger partial charge in [0.1, 0.15) is 12.2 Å². The number of rotatable bonds is 5. The van der Waals surface area contributed by atoms with E-state index in [0.29, 0.717) is 6.61 Å². The molecule has 0 aromatic carbocycles. The van der Waals surface area contributed by atoms with E-state index in [0.717, 1.165) is 12.8 Å². The quantitative estimate of drug-likeness (QED) is 0.393. The zero-order chi connectivity index (χ0) is 11.4. The molecule has 0 atom stereocenters. The molecule has 0 spiro atoms. The first kappa shape index (κ1) is 15.3. The fourth-order valence-electron chi connectivity index (χ4n) is 0.358. The molecule has 84 valence electrons. The summed E-state index contributed by atoms with van der Waals surface area (Å²) in [5.74, 6) is 0. The van der Waals surface area contributed by atoms with E-state index in [1.54, 1.807) is 20.8 Å². The van der Waals surface area contributed by atoms with Gasteiger partial charge in [0.25, 0.3) is 0 Å². The summed E-state index contributed by atoms with van der Waals surface area (Å²) < 4.78 is 0. The lowest BCUT2D eigenvalue weighted by atomic mass is 10.2. The molecule has 0 amide bonds. The lowest BCUT2D eigenvalue weighted by Crippen LogP contribution is -2.14. The van der Waals surface area contributed by atoms with Gasteiger partial charge < -0.3 is 9.68 Å². The minimum Gasteiger partial charge on any atom is -0.364 e. The van der Waals surface area contributed by atoms with Gasteiger partial charge in [-0.2, -0.15) is 0 Å². The van der Waals surface area contributed by atoms with E-state index in [9.17, 15) is 9.81 Å². The fourth-order valence-corrected chi connectivity index (χ4v) is 0.358. The number of hydrogen-bond acceptors (Lipinski definition) is 6. The van der Waals surface area contributed by atoms with E-state index in [1.165, 1.54) is 0 Å². The van der Waals surface area contributed by atoms with Crippen molar-refractivity contribution in [2.75, 3.05) is 6.61 Å². The molecule has 0 aliphatic heterocycles. The number of unbranched alkanes of at least 4 members (excludes halogenated alkanes) is 1. The number of nitrogens with zero attached hydrogens (tertiary/aromatic N) is 2. The molecule has 0 aliphatic rings. The van der Waals surface area contributed by atoms with Gasteiger partial charge in [0.05, 0.1) is 0 Å². The predicted octanol–water partition coefficient (Wildman–Crippen LogP) is 2.97. The monoisotopic (exact) mass is 206 g/mol. The topological polar surface area (TPSA) is 77.3 Å². The van der Waals surface area contributed by atoms with Crippen molar-refractivity contribution in [1.82, 2.24) is 0 Å². The van der Waals surface area contributed by atoms with Crippen molar-refractivity contribution in [2.24, 2.45) is 10.7 Å². The summed E-state index contributed by atoms with van der Waals surface area (Å²) in [6.07, 6.45) is 1.95. The molecule has 0 aliphatic carbocycles. The second-order valence-corrected chi connectivity index (χ2v) is 3.54. The van der Waals surface area contributed by atoms with Gasteiger partial charge in [-0.15, -0.1) is 9.81 Å². The molecule has 0 radical (unpaired) electrons. The van der Waals surface area contributed by atoms with Gasteiger partial charge in [-0.1, -0.05) is 13.3 Å². The summed E-state index contributed by atoms with van der Waals surface area (Å²) >= 11 is 0. The maximum Gasteiger partial charge on any atom is 0.155 e. The van der Waals surface area contributed by atoms with Crippen LogP contribution in [-0.4, -0.2) is 12.2 Å². The van der Waals surface area contributed by atoms with E-state index >= 15 is 0 Å². The molecule has 0 aromatic rings. The summed E-state index contributed by atoms with van der Waals surface area (Å²) in [5.41, 5.74) is -0.429. The van der Waals surface area contributed by atoms with Crippen LogP contribution in [0.15, 0.2) is 10.7 Å². The van der Waals surface area contributed by atoms with Crippen LogP contribution in [-0.2, 0) is 9.68 Å². The zero-order valence-electron chi connectivity index (χ0n) is 9.15. The Bertz CT molecular complexity index is 145. The average Bonchev–Trinajstić information content (AvgIpc) is 2.04. The highest BCUT2D eigenvalue weighted by Crippen LogP contribution is 2.05. The molecule has 0 bridgehead atoms. The average molecular weight is 206 g/mol. The molecule has 0 aromatic heterocycles. The highest BCUT2D eigenvalue weighted by atomic mass is 16.7. The Morgan fingerprint density at radius 1 is 1.14 bits per heavy atom.